The molecule has 6 nitrogen and oxygen atoms in total. The highest BCUT2D eigenvalue weighted by Gasteiger charge is 2.21. The van der Waals surface area contributed by atoms with Crippen molar-refractivity contribution in [2.75, 3.05) is 12.3 Å². The van der Waals surface area contributed by atoms with Gasteiger partial charge in [0.1, 0.15) is 5.82 Å². The van der Waals surface area contributed by atoms with E-state index >= 15 is 0 Å². The zero-order valence-corrected chi connectivity index (χ0v) is 9.27. The maximum absolute atomic E-state index is 11.7. The second kappa shape index (κ2) is 4.82. The Morgan fingerprint density at radius 1 is 1.65 bits per heavy atom. The van der Waals surface area contributed by atoms with Crippen molar-refractivity contribution in [1.82, 2.24) is 15.6 Å². The van der Waals surface area contributed by atoms with E-state index in [9.17, 15) is 9.59 Å². The Balaban J connectivity index is 1.87. The molecule has 1 aromatic rings. The Bertz CT molecular complexity index is 447. The third kappa shape index (κ3) is 2.93. The lowest BCUT2D eigenvalue weighted by molar-refractivity contribution is -0.119. The number of aromatic nitrogens is 1. The third-order valence-corrected chi connectivity index (χ3v) is 2.64. The van der Waals surface area contributed by atoms with Crippen LogP contribution >= 0.6 is 0 Å². The molecule has 1 aliphatic rings. The van der Waals surface area contributed by atoms with Crippen LogP contribution in [0.2, 0.25) is 0 Å². The summed E-state index contributed by atoms with van der Waals surface area (Å²) in [6.07, 6.45) is 2.78. The fraction of sp³-hybridized carbons (Fsp3) is 0.364. The number of nitrogen functional groups attached to an aromatic ring is 1. The molecular formula is C11H14N4O2. The highest BCUT2D eigenvalue weighted by atomic mass is 16.2. The van der Waals surface area contributed by atoms with Gasteiger partial charge in [-0.2, -0.15) is 0 Å². The molecular weight excluding hydrogens is 220 g/mol. The number of anilines is 1. The Morgan fingerprint density at radius 3 is 3.12 bits per heavy atom. The molecule has 1 fully saturated rings. The van der Waals surface area contributed by atoms with Crippen molar-refractivity contribution in [2.45, 2.75) is 18.9 Å². The topological polar surface area (TPSA) is 97.1 Å². The van der Waals surface area contributed by atoms with Gasteiger partial charge in [0, 0.05) is 30.8 Å². The SMILES string of the molecule is Nc1cc(C(=O)NCC2CCC(=O)N2)ccn1. The van der Waals surface area contributed by atoms with Crippen LogP contribution in [0.5, 0.6) is 0 Å². The highest BCUT2D eigenvalue weighted by Crippen LogP contribution is 2.06. The van der Waals surface area contributed by atoms with Gasteiger partial charge >= 0.3 is 0 Å². The summed E-state index contributed by atoms with van der Waals surface area (Å²) in [5.41, 5.74) is 5.96. The molecule has 1 unspecified atom stereocenters. The van der Waals surface area contributed by atoms with Crippen molar-refractivity contribution >= 4 is 17.6 Å². The first-order chi connectivity index (χ1) is 8.15. The maximum Gasteiger partial charge on any atom is 0.251 e. The van der Waals surface area contributed by atoms with Crippen LogP contribution in [0.25, 0.3) is 0 Å². The van der Waals surface area contributed by atoms with E-state index in [0.29, 0.717) is 24.3 Å². The van der Waals surface area contributed by atoms with Crippen molar-refractivity contribution in [3.05, 3.63) is 23.9 Å². The summed E-state index contributed by atoms with van der Waals surface area (Å²) in [6, 6.07) is 3.15. The summed E-state index contributed by atoms with van der Waals surface area (Å²) in [7, 11) is 0. The van der Waals surface area contributed by atoms with E-state index in [1.807, 2.05) is 0 Å². The molecule has 0 bridgehead atoms. The quantitative estimate of drug-likeness (QED) is 0.667. The number of carbonyl (C=O) groups excluding carboxylic acids is 2. The predicted molar refractivity (Wildman–Crippen MR) is 62.1 cm³/mol. The van der Waals surface area contributed by atoms with Crippen LogP contribution in [-0.4, -0.2) is 29.4 Å². The molecule has 2 rings (SSSR count). The summed E-state index contributed by atoms with van der Waals surface area (Å²) < 4.78 is 0. The lowest BCUT2D eigenvalue weighted by Crippen LogP contribution is -2.38. The van der Waals surface area contributed by atoms with Gasteiger partial charge < -0.3 is 16.4 Å². The molecule has 1 aromatic heterocycles. The first-order valence-corrected chi connectivity index (χ1v) is 5.44. The second-order valence-corrected chi connectivity index (χ2v) is 3.98. The molecule has 0 aromatic carbocycles. The molecule has 90 valence electrons. The minimum atomic E-state index is -0.208. The molecule has 2 amide bonds. The normalized spacial score (nSPS) is 18.8. The first-order valence-electron chi connectivity index (χ1n) is 5.44. The lowest BCUT2D eigenvalue weighted by atomic mass is 10.2. The molecule has 4 N–H and O–H groups in total. The van der Waals surface area contributed by atoms with Crippen molar-refractivity contribution < 1.29 is 9.59 Å². The molecule has 0 saturated carbocycles. The predicted octanol–water partition coefficient (Wildman–Crippen LogP) is -0.328. The molecule has 1 atom stereocenters. The molecule has 2 heterocycles. The fourth-order valence-electron chi connectivity index (χ4n) is 1.74. The van der Waals surface area contributed by atoms with Crippen LogP contribution in [0.4, 0.5) is 5.82 Å². The zero-order valence-electron chi connectivity index (χ0n) is 9.27. The lowest BCUT2D eigenvalue weighted by Gasteiger charge is -2.11. The largest absolute Gasteiger partial charge is 0.384 e. The van der Waals surface area contributed by atoms with Crippen molar-refractivity contribution in [3.8, 4) is 0 Å². The maximum atomic E-state index is 11.7. The van der Waals surface area contributed by atoms with Gasteiger partial charge in [0.05, 0.1) is 0 Å². The first kappa shape index (κ1) is 11.4. The number of nitrogens with one attached hydrogen (secondary N) is 2. The van der Waals surface area contributed by atoms with Gasteiger partial charge in [0.2, 0.25) is 5.91 Å². The van der Waals surface area contributed by atoms with Crippen LogP contribution in [0.3, 0.4) is 0 Å². The Morgan fingerprint density at radius 2 is 2.47 bits per heavy atom. The number of carbonyl (C=O) groups is 2. The Labute approximate surface area is 98.6 Å². The number of nitrogens with two attached hydrogens (primary N) is 1. The van der Waals surface area contributed by atoms with Crippen LogP contribution in [0.1, 0.15) is 23.2 Å². The van der Waals surface area contributed by atoms with Gasteiger partial charge in [-0.05, 0) is 18.6 Å². The zero-order chi connectivity index (χ0) is 12.3. The summed E-state index contributed by atoms with van der Waals surface area (Å²) >= 11 is 0. The number of nitrogens with zero attached hydrogens (tertiary/aromatic N) is 1. The summed E-state index contributed by atoms with van der Waals surface area (Å²) in [5, 5.41) is 5.53. The average Bonchev–Trinajstić information content (AvgIpc) is 2.72. The highest BCUT2D eigenvalue weighted by molar-refractivity contribution is 5.94. The minimum Gasteiger partial charge on any atom is -0.384 e. The average molecular weight is 234 g/mol. The van der Waals surface area contributed by atoms with E-state index in [4.69, 9.17) is 5.73 Å². The molecule has 0 spiro atoms. The van der Waals surface area contributed by atoms with Crippen molar-refractivity contribution in [2.24, 2.45) is 0 Å². The molecule has 17 heavy (non-hydrogen) atoms. The number of pyridine rings is 1. The van der Waals surface area contributed by atoms with Crippen LogP contribution in [-0.2, 0) is 4.79 Å². The molecule has 1 saturated heterocycles. The smallest absolute Gasteiger partial charge is 0.251 e. The van der Waals surface area contributed by atoms with Gasteiger partial charge in [-0.1, -0.05) is 0 Å². The van der Waals surface area contributed by atoms with Crippen molar-refractivity contribution in [1.29, 1.82) is 0 Å². The minimum absolute atomic E-state index is 0.0330. The number of hydrogen-bond donors (Lipinski definition) is 3. The molecule has 1 aliphatic heterocycles. The van der Waals surface area contributed by atoms with Gasteiger partial charge in [-0.3, -0.25) is 9.59 Å². The van der Waals surface area contributed by atoms with Gasteiger partial charge in [0.15, 0.2) is 0 Å². The van der Waals surface area contributed by atoms with Gasteiger partial charge in [0.25, 0.3) is 5.91 Å². The Hall–Kier alpha value is -2.11. The van der Waals surface area contributed by atoms with Crippen LogP contribution < -0.4 is 16.4 Å². The van der Waals surface area contributed by atoms with Gasteiger partial charge in [-0.15, -0.1) is 0 Å². The molecule has 0 aliphatic carbocycles. The van der Waals surface area contributed by atoms with E-state index in [-0.39, 0.29) is 17.9 Å². The number of rotatable bonds is 3. The van der Waals surface area contributed by atoms with E-state index in [1.165, 1.54) is 12.3 Å². The molecule has 6 heteroatoms. The van der Waals surface area contributed by atoms with Gasteiger partial charge in [-0.25, -0.2) is 4.98 Å². The monoisotopic (exact) mass is 234 g/mol. The summed E-state index contributed by atoms with van der Waals surface area (Å²) in [5.74, 6) is 0.143. The Kier molecular flexibility index (Phi) is 3.22. The summed E-state index contributed by atoms with van der Waals surface area (Å²) in [6.45, 7) is 0.437. The van der Waals surface area contributed by atoms with E-state index in [2.05, 4.69) is 15.6 Å². The number of amides is 2. The molecule has 0 radical (unpaired) electrons. The van der Waals surface area contributed by atoms with E-state index < -0.39 is 0 Å². The van der Waals surface area contributed by atoms with Crippen LogP contribution in [0, 0.1) is 0 Å². The van der Waals surface area contributed by atoms with E-state index in [1.54, 1.807) is 6.07 Å². The fourth-order valence-corrected chi connectivity index (χ4v) is 1.74. The standard InChI is InChI=1S/C11H14N4O2/c12-9-5-7(3-4-13-9)11(17)14-6-8-1-2-10(16)15-8/h3-5,8H,1-2,6H2,(H2,12,13)(H,14,17)(H,15,16). The third-order valence-electron chi connectivity index (χ3n) is 2.64. The number of hydrogen-bond acceptors (Lipinski definition) is 4. The van der Waals surface area contributed by atoms with Crippen molar-refractivity contribution in [3.63, 3.8) is 0 Å². The van der Waals surface area contributed by atoms with E-state index in [0.717, 1.165) is 6.42 Å². The second-order valence-electron chi connectivity index (χ2n) is 3.98. The summed E-state index contributed by atoms with van der Waals surface area (Å²) in [4.78, 5) is 26.5. The van der Waals surface area contributed by atoms with Crippen LogP contribution in [0.15, 0.2) is 18.3 Å².